The molecule has 4 aromatic rings. The van der Waals surface area contributed by atoms with Crippen molar-refractivity contribution in [2.45, 2.75) is 12.8 Å². The minimum absolute atomic E-state index is 0.153. The Morgan fingerprint density at radius 3 is 2.55 bits per heavy atom. The van der Waals surface area contributed by atoms with Gasteiger partial charge in [-0.2, -0.15) is 11.3 Å². The lowest BCUT2D eigenvalue weighted by molar-refractivity contribution is -0.121. The van der Waals surface area contributed by atoms with E-state index >= 15 is 0 Å². The molecule has 0 unspecified atom stereocenters. The van der Waals surface area contributed by atoms with E-state index in [2.05, 4.69) is 26.1 Å². The highest BCUT2D eigenvalue weighted by Gasteiger charge is 2.15. The van der Waals surface area contributed by atoms with Gasteiger partial charge in [-0.05, 0) is 42.1 Å². The van der Waals surface area contributed by atoms with Gasteiger partial charge >= 0.3 is 0 Å². The number of para-hydroxylation sites is 1. The SMILES string of the molecule is O=C(CCCNC(=O)c1ccsc1)NNC(=O)c1cc(-c2ccccn2)nc2ccccc12. The highest BCUT2D eigenvalue weighted by Crippen LogP contribution is 2.23. The van der Waals surface area contributed by atoms with Gasteiger partial charge in [0.2, 0.25) is 5.91 Å². The van der Waals surface area contributed by atoms with E-state index in [-0.39, 0.29) is 18.2 Å². The number of aromatic nitrogens is 2. The molecule has 0 aliphatic heterocycles. The summed E-state index contributed by atoms with van der Waals surface area (Å²) in [7, 11) is 0. The summed E-state index contributed by atoms with van der Waals surface area (Å²) in [5, 5.41) is 7.02. The lowest BCUT2D eigenvalue weighted by Crippen LogP contribution is -2.42. The van der Waals surface area contributed by atoms with Crippen molar-refractivity contribution in [1.29, 1.82) is 0 Å². The summed E-state index contributed by atoms with van der Waals surface area (Å²) in [6, 6.07) is 16.2. The van der Waals surface area contributed by atoms with Gasteiger partial charge in [-0.15, -0.1) is 0 Å². The molecule has 0 aliphatic rings. The van der Waals surface area contributed by atoms with Crippen LogP contribution >= 0.6 is 11.3 Å². The summed E-state index contributed by atoms with van der Waals surface area (Å²) in [6.45, 7) is 0.360. The molecule has 166 valence electrons. The molecular weight excluding hydrogens is 438 g/mol. The Labute approximate surface area is 194 Å². The number of pyridine rings is 2. The van der Waals surface area contributed by atoms with Crippen LogP contribution in [0.2, 0.25) is 0 Å². The normalized spacial score (nSPS) is 10.5. The van der Waals surface area contributed by atoms with E-state index in [1.807, 2.05) is 35.7 Å². The maximum absolute atomic E-state index is 12.9. The molecular formula is C24H21N5O3S. The van der Waals surface area contributed by atoms with E-state index in [4.69, 9.17) is 0 Å². The standard InChI is InChI=1S/C24H21N5O3S/c30-22(9-5-12-26-23(31)16-10-13-33-15-16)28-29-24(32)18-14-21(20-8-3-4-11-25-20)27-19-7-2-1-6-17(18)19/h1-4,6-8,10-11,13-15H,5,9,12H2,(H,26,31)(H,28,30)(H,29,32). The second-order valence-corrected chi connectivity index (χ2v) is 7.94. The second kappa shape index (κ2) is 10.5. The van der Waals surface area contributed by atoms with Crippen LogP contribution in [0.5, 0.6) is 0 Å². The van der Waals surface area contributed by atoms with Crippen molar-refractivity contribution in [3.05, 3.63) is 82.7 Å². The van der Waals surface area contributed by atoms with Crippen LogP contribution in [0.25, 0.3) is 22.3 Å². The van der Waals surface area contributed by atoms with Crippen LogP contribution in [0.4, 0.5) is 0 Å². The Bertz CT molecular complexity index is 1280. The Hall–Kier alpha value is -4.11. The van der Waals surface area contributed by atoms with E-state index in [0.717, 1.165) is 0 Å². The van der Waals surface area contributed by atoms with Gasteiger partial charge in [-0.25, -0.2) is 4.98 Å². The molecule has 0 radical (unpaired) electrons. The number of carbonyl (C=O) groups excluding carboxylic acids is 3. The zero-order chi connectivity index (χ0) is 23.0. The summed E-state index contributed by atoms with van der Waals surface area (Å²) < 4.78 is 0. The Morgan fingerprint density at radius 1 is 0.909 bits per heavy atom. The van der Waals surface area contributed by atoms with Crippen molar-refractivity contribution in [1.82, 2.24) is 26.1 Å². The first kappa shape index (κ1) is 22.1. The maximum Gasteiger partial charge on any atom is 0.270 e. The summed E-state index contributed by atoms with van der Waals surface area (Å²) in [5.74, 6) is -0.973. The fourth-order valence-electron chi connectivity index (χ4n) is 3.21. The molecule has 3 amide bonds. The number of amides is 3. The smallest absolute Gasteiger partial charge is 0.270 e. The van der Waals surface area contributed by atoms with Crippen LogP contribution < -0.4 is 16.2 Å². The third kappa shape index (κ3) is 5.58. The van der Waals surface area contributed by atoms with Crippen molar-refractivity contribution < 1.29 is 14.4 Å². The van der Waals surface area contributed by atoms with E-state index in [1.54, 1.807) is 35.8 Å². The van der Waals surface area contributed by atoms with E-state index in [0.29, 0.717) is 46.4 Å². The number of fused-ring (bicyclic) bond motifs is 1. The van der Waals surface area contributed by atoms with Gasteiger partial charge in [0.1, 0.15) is 0 Å². The van der Waals surface area contributed by atoms with Crippen molar-refractivity contribution in [3.63, 3.8) is 0 Å². The zero-order valence-electron chi connectivity index (χ0n) is 17.6. The van der Waals surface area contributed by atoms with E-state index < -0.39 is 5.91 Å². The van der Waals surface area contributed by atoms with Crippen LogP contribution in [-0.2, 0) is 4.79 Å². The first-order valence-corrected chi connectivity index (χ1v) is 11.3. The third-order valence-corrected chi connectivity index (χ3v) is 5.54. The topological polar surface area (TPSA) is 113 Å². The van der Waals surface area contributed by atoms with Gasteiger partial charge in [0.25, 0.3) is 11.8 Å². The van der Waals surface area contributed by atoms with Gasteiger partial charge in [0.15, 0.2) is 0 Å². The van der Waals surface area contributed by atoms with Crippen molar-refractivity contribution in [2.24, 2.45) is 0 Å². The molecule has 3 aromatic heterocycles. The second-order valence-electron chi connectivity index (χ2n) is 7.16. The number of nitrogens with zero attached hydrogens (tertiary/aromatic N) is 2. The lowest BCUT2D eigenvalue weighted by Gasteiger charge is -2.11. The summed E-state index contributed by atoms with van der Waals surface area (Å²) in [4.78, 5) is 45.8. The molecule has 0 bridgehead atoms. The quantitative estimate of drug-likeness (QED) is 0.290. The minimum atomic E-state index is -0.454. The largest absolute Gasteiger partial charge is 0.352 e. The minimum Gasteiger partial charge on any atom is -0.352 e. The molecule has 0 saturated carbocycles. The zero-order valence-corrected chi connectivity index (χ0v) is 18.4. The number of thiophene rings is 1. The Kier molecular flexibility index (Phi) is 7.01. The summed E-state index contributed by atoms with van der Waals surface area (Å²) in [5.41, 5.74) is 7.74. The van der Waals surface area contributed by atoms with Crippen LogP contribution in [0, 0.1) is 0 Å². The van der Waals surface area contributed by atoms with Gasteiger partial charge in [-0.1, -0.05) is 24.3 Å². The first-order chi connectivity index (χ1) is 16.1. The number of hydrogen-bond acceptors (Lipinski definition) is 6. The highest BCUT2D eigenvalue weighted by atomic mass is 32.1. The maximum atomic E-state index is 12.9. The summed E-state index contributed by atoms with van der Waals surface area (Å²) >= 11 is 1.45. The number of hydrazine groups is 1. The number of carbonyl (C=O) groups is 3. The van der Waals surface area contributed by atoms with Crippen LogP contribution in [0.15, 0.2) is 71.6 Å². The number of hydrogen-bond donors (Lipinski definition) is 3. The molecule has 8 nitrogen and oxygen atoms in total. The first-order valence-electron chi connectivity index (χ1n) is 10.3. The van der Waals surface area contributed by atoms with E-state index in [9.17, 15) is 14.4 Å². The van der Waals surface area contributed by atoms with Gasteiger partial charge in [0, 0.05) is 35.5 Å². The highest BCUT2D eigenvalue weighted by molar-refractivity contribution is 7.08. The predicted molar refractivity (Wildman–Crippen MR) is 126 cm³/mol. The molecule has 0 saturated heterocycles. The van der Waals surface area contributed by atoms with Gasteiger partial charge in [-0.3, -0.25) is 30.2 Å². The Balaban J connectivity index is 1.35. The lowest BCUT2D eigenvalue weighted by atomic mass is 10.1. The average molecular weight is 460 g/mol. The molecule has 3 heterocycles. The molecule has 0 fully saturated rings. The van der Waals surface area contributed by atoms with Crippen LogP contribution in [0.1, 0.15) is 33.6 Å². The number of rotatable bonds is 7. The van der Waals surface area contributed by atoms with Crippen LogP contribution in [-0.4, -0.2) is 34.2 Å². The molecule has 3 N–H and O–H groups in total. The molecule has 0 aliphatic carbocycles. The molecule has 0 spiro atoms. The van der Waals surface area contributed by atoms with Gasteiger partial charge in [0.05, 0.1) is 22.5 Å². The predicted octanol–water partition coefficient (Wildman–Crippen LogP) is 3.33. The molecule has 9 heteroatoms. The number of benzene rings is 1. The monoisotopic (exact) mass is 459 g/mol. The summed E-state index contributed by atoms with van der Waals surface area (Å²) in [6.07, 6.45) is 2.26. The molecule has 0 atom stereocenters. The van der Waals surface area contributed by atoms with Crippen molar-refractivity contribution in [3.8, 4) is 11.4 Å². The third-order valence-electron chi connectivity index (χ3n) is 4.85. The fourth-order valence-corrected chi connectivity index (χ4v) is 3.85. The molecule has 1 aromatic carbocycles. The molecule has 33 heavy (non-hydrogen) atoms. The van der Waals surface area contributed by atoms with Crippen molar-refractivity contribution >= 4 is 40.0 Å². The average Bonchev–Trinajstić information content (AvgIpc) is 3.40. The van der Waals surface area contributed by atoms with Gasteiger partial charge < -0.3 is 5.32 Å². The Morgan fingerprint density at radius 2 is 1.76 bits per heavy atom. The number of nitrogens with one attached hydrogen (secondary N) is 3. The van der Waals surface area contributed by atoms with E-state index in [1.165, 1.54) is 11.3 Å². The molecule has 4 rings (SSSR count). The fraction of sp³-hybridized carbons (Fsp3) is 0.125. The van der Waals surface area contributed by atoms with Crippen LogP contribution in [0.3, 0.4) is 0 Å². The van der Waals surface area contributed by atoms with Crippen molar-refractivity contribution in [2.75, 3.05) is 6.54 Å².